The largest absolute Gasteiger partial charge is 0.496 e. The Kier molecular flexibility index (Phi) is 5.09. The first-order valence-corrected chi connectivity index (χ1v) is 8.11. The van der Waals surface area contributed by atoms with Gasteiger partial charge >= 0.3 is 0 Å². The van der Waals surface area contributed by atoms with Crippen LogP contribution in [0.1, 0.15) is 5.56 Å². The van der Waals surface area contributed by atoms with E-state index in [2.05, 4.69) is 12.1 Å². The molecule has 0 aromatic heterocycles. The van der Waals surface area contributed by atoms with Crippen molar-refractivity contribution in [3.05, 3.63) is 66.2 Å². The van der Waals surface area contributed by atoms with Gasteiger partial charge in [-0.3, -0.25) is 0 Å². The highest BCUT2D eigenvalue weighted by Crippen LogP contribution is 2.42. The van der Waals surface area contributed by atoms with E-state index in [9.17, 15) is 0 Å². The minimum atomic E-state index is 0.642. The van der Waals surface area contributed by atoms with Crippen molar-refractivity contribution in [1.29, 1.82) is 5.26 Å². The minimum Gasteiger partial charge on any atom is -0.496 e. The summed E-state index contributed by atoms with van der Waals surface area (Å²) in [7, 11) is 4.86. The highest BCUT2D eigenvalue weighted by molar-refractivity contribution is 5.81. The number of benzene rings is 3. The maximum absolute atomic E-state index is 8.96. The molecule has 0 aliphatic heterocycles. The van der Waals surface area contributed by atoms with Crippen LogP contribution in [0.2, 0.25) is 0 Å². The maximum Gasteiger partial charge on any atom is 0.134 e. The second kappa shape index (κ2) is 7.62. The van der Waals surface area contributed by atoms with Crippen LogP contribution in [0.3, 0.4) is 0 Å². The topological polar surface area (TPSA) is 51.5 Å². The Morgan fingerprint density at radius 3 is 1.85 bits per heavy atom. The zero-order chi connectivity index (χ0) is 18.5. The second-order valence-corrected chi connectivity index (χ2v) is 5.68. The zero-order valence-corrected chi connectivity index (χ0v) is 14.9. The van der Waals surface area contributed by atoms with Gasteiger partial charge in [0.2, 0.25) is 0 Å². The first-order chi connectivity index (χ1) is 12.7. The summed E-state index contributed by atoms with van der Waals surface area (Å²) in [4.78, 5) is 0. The Labute approximate surface area is 153 Å². The number of hydrogen-bond donors (Lipinski definition) is 0. The van der Waals surface area contributed by atoms with E-state index in [1.807, 2.05) is 54.6 Å². The van der Waals surface area contributed by atoms with Gasteiger partial charge in [-0.1, -0.05) is 30.3 Å². The third-order valence-electron chi connectivity index (χ3n) is 4.21. The van der Waals surface area contributed by atoms with Crippen LogP contribution >= 0.6 is 0 Å². The molecule has 130 valence electrons. The average Bonchev–Trinajstić information content (AvgIpc) is 2.72. The number of rotatable bonds is 5. The molecular formula is C22H19NO3. The van der Waals surface area contributed by atoms with Crippen LogP contribution in [-0.2, 0) is 0 Å². The summed E-state index contributed by atoms with van der Waals surface area (Å²) in [6.45, 7) is 0. The maximum atomic E-state index is 8.96. The lowest BCUT2D eigenvalue weighted by Gasteiger charge is -2.16. The molecule has 0 aliphatic carbocycles. The normalized spacial score (nSPS) is 10.1. The van der Waals surface area contributed by atoms with E-state index < -0.39 is 0 Å². The Hall–Kier alpha value is -3.45. The summed E-state index contributed by atoms with van der Waals surface area (Å²) in [5.41, 5.74) is 4.57. The van der Waals surface area contributed by atoms with E-state index in [4.69, 9.17) is 19.5 Å². The second-order valence-electron chi connectivity index (χ2n) is 5.68. The molecule has 0 atom stereocenters. The predicted octanol–water partition coefficient (Wildman–Crippen LogP) is 4.92. The van der Waals surface area contributed by atoms with E-state index in [1.54, 1.807) is 21.3 Å². The molecule has 0 saturated carbocycles. The number of nitrogens with zero attached hydrogens (tertiary/aromatic N) is 1. The van der Waals surface area contributed by atoms with Gasteiger partial charge in [0.05, 0.1) is 38.5 Å². The van der Waals surface area contributed by atoms with Crippen molar-refractivity contribution in [2.45, 2.75) is 0 Å². The third-order valence-corrected chi connectivity index (χ3v) is 4.21. The van der Waals surface area contributed by atoms with Crippen molar-refractivity contribution < 1.29 is 14.2 Å². The smallest absolute Gasteiger partial charge is 0.134 e. The molecule has 0 bridgehead atoms. The molecule has 4 heteroatoms. The zero-order valence-electron chi connectivity index (χ0n) is 14.9. The Morgan fingerprint density at radius 1 is 0.692 bits per heavy atom. The lowest BCUT2D eigenvalue weighted by molar-refractivity contribution is 0.377. The van der Waals surface area contributed by atoms with E-state index in [-0.39, 0.29) is 0 Å². The van der Waals surface area contributed by atoms with Crippen molar-refractivity contribution in [2.24, 2.45) is 0 Å². The van der Waals surface area contributed by atoms with Gasteiger partial charge in [-0.25, -0.2) is 0 Å². The summed E-state index contributed by atoms with van der Waals surface area (Å²) in [5.74, 6) is 2.03. The highest BCUT2D eigenvalue weighted by Gasteiger charge is 2.15. The van der Waals surface area contributed by atoms with Crippen molar-refractivity contribution in [3.63, 3.8) is 0 Å². The molecule has 0 unspecified atom stereocenters. The molecule has 0 N–H and O–H groups in total. The molecular weight excluding hydrogens is 326 g/mol. The lowest BCUT2D eigenvalue weighted by Crippen LogP contribution is -1.95. The fourth-order valence-electron chi connectivity index (χ4n) is 2.88. The molecule has 0 spiro atoms. The minimum absolute atomic E-state index is 0.642. The van der Waals surface area contributed by atoms with Crippen molar-refractivity contribution in [1.82, 2.24) is 0 Å². The van der Waals surface area contributed by atoms with Crippen LogP contribution in [0, 0.1) is 11.3 Å². The van der Waals surface area contributed by atoms with E-state index in [0.717, 1.165) is 22.3 Å². The van der Waals surface area contributed by atoms with Crippen molar-refractivity contribution in [2.75, 3.05) is 21.3 Å². The van der Waals surface area contributed by atoms with E-state index >= 15 is 0 Å². The first kappa shape index (κ1) is 17.4. The lowest BCUT2D eigenvalue weighted by atomic mass is 9.97. The van der Waals surface area contributed by atoms with E-state index in [1.165, 1.54) is 0 Å². The van der Waals surface area contributed by atoms with Crippen LogP contribution < -0.4 is 14.2 Å². The molecule has 0 saturated heterocycles. The van der Waals surface area contributed by atoms with Crippen LogP contribution in [0.15, 0.2) is 60.7 Å². The third kappa shape index (κ3) is 3.33. The van der Waals surface area contributed by atoms with Gasteiger partial charge in [-0.15, -0.1) is 0 Å². The molecule has 0 heterocycles. The Bertz CT molecular complexity index is 931. The molecule has 3 aromatic carbocycles. The van der Waals surface area contributed by atoms with Crippen LogP contribution in [0.25, 0.3) is 22.3 Å². The number of methoxy groups -OCH3 is 3. The summed E-state index contributed by atoms with van der Waals surface area (Å²) in [5, 5.41) is 8.96. The van der Waals surface area contributed by atoms with Gasteiger partial charge < -0.3 is 14.2 Å². The standard InChI is InChI=1S/C22H19NO3/c1-24-19-12-20(25-2)22(21(13-19)26-3)18-6-4-5-17(11-18)16-9-7-15(14-23)8-10-16/h4-13H,1-3H3. The van der Waals surface area contributed by atoms with Gasteiger partial charge in [0.1, 0.15) is 17.2 Å². The predicted molar refractivity (Wildman–Crippen MR) is 102 cm³/mol. The van der Waals surface area contributed by atoms with Crippen molar-refractivity contribution >= 4 is 0 Å². The van der Waals surface area contributed by atoms with E-state index in [0.29, 0.717) is 22.8 Å². The molecule has 3 aromatic rings. The number of hydrogen-bond acceptors (Lipinski definition) is 4. The molecule has 4 nitrogen and oxygen atoms in total. The van der Waals surface area contributed by atoms with Crippen molar-refractivity contribution in [3.8, 4) is 45.6 Å². The van der Waals surface area contributed by atoms with Crippen LogP contribution in [0.5, 0.6) is 17.2 Å². The van der Waals surface area contributed by atoms with Gasteiger partial charge in [0.15, 0.2) is 0 Å². The summed E-state index contributed by atoms with van der Waals surface area (Å²) >= 11 is 0. The summed E-state index contributed by atoms with van der Waals surface area (Å²) in [6, 6.07) is 21.5. The molecule has 0 amide bonds. The summed E-state index contributed by atoms with van der Waals surface area (Å²) in [6.07, 6.45) is 0. The Balaban J connectivity index is 2.12. The molecule has 0 aliphatic rings. The molecule has 0 fully saturated rings. The summed E-state index contributed by atoms with van der Waals surface area (Å²) < 4.78 is 16.4. The molecule has 0 radical (unpaired) electrons. The van der Waals surface area contributed by atoms with Crippen LogP contribution in [0.4, 0.5) is 0 Å². The molecule has 26 heavy (non-hydrogen) atoms. The van der Waals surface area contributed by atoms with Gasteiger partial charge in [0, 0.05) is 12.1 Å². The highest BCUT2D eigenvalue weighted by atomic mass is 16.5. The number of ether oxygens (including phenoxy) is 3. The van der Waals surface area contributed by atoms with Gasteiger partial charge in [-0.05, 0) is 34.9 Å². The fourth-order valence-corrected chi connectivity index (χ4v) is 2.88. The fraction of sp³-hybridized carbons (Fsp3) is 0.136. The quantitative estimate of drug-likeness (QED) is 0.659. The monoisotopic (exact) mass is 345 g/mol. The number of nitriles is 1. The molecule has 3 rings (SSSR count). The first-order valence-electron chi connectivity index (χ1n) is 8.11. The van der Waals surface area contributed by atoms with Gasteiger partial charge in [-0.2, -0.15) is 5.26 Å². The van der Waals surface area contributed by atoms with Gasteiger partial charge in [0.25, 0.3) is 0 Å². The van der Waals surface area contributed by atoms with Crippen LogP contribution in [-0.4, -0.2) is 21.3 Å². The SMILES string of the molecule is COc1cc(OC)c(-c2cccc(-c3ccc(C#N)cc3)c2)c(OC)c1. The average molecular weight is 345 g/mol. The Morgan fingerprint density at radius 2 is 1.31 bits per heavy atom.